The predicted molar refractivity (Wildman–Crippen MR) is 80.0 cm³/mol. The average molecular weight is 308 g/mol. The van der Waals surface area contributed by atoms with Crippen molar-refractivity contribution in [1.82, 2.24) is 10.2 Å². The van der Waals surface area contributed by atoms with Crippen molar-refractivity contribution in [2.24, 2.45) is 5.92 Å². The van der Waals surface area contributed by atoms with Crippen LogP contribution in [0.2, 0.25) is 0 Å². The molecule has 0 aliphatic carbocycles. The lowest BCUT2D eigenvalue weighted by Crippen LogP contribution is -2.50. The number of carbonyl (C=O) groups is 2. The molecule has 1 aromatic carbocycles. The SMILES string of the molecule is CC(C)C(=O)N[C@H]1CCCN(C(=O)c2c(O)cccc2F)C1. The van der Waals surface area contributed by atoms with Crippen LogP contribution in [0.3, 0.4) is 0 Å². The van der Waals surface area contributed by atoms with Crippen molar-refractivity contribution < 1.29 is 19.1 Å². The molecule has 1 heterocycles. The summed E-state index contributed by atoms with van der Waals surface area (Å²) in [5.41, 5.74) is -0.307. The van der Waals surface area contributed by atoms with Gasteiger partial charge in [-0.3, -0.25) is 9.59 Å². The van der Waals surface area contributed by atoms with Crippen LogP contribution < -0.4 is 5.32 Å². The molecule has 0 saturated carbocycles. The first-order chi connectivity index (χ1) is 10.4. The molecule has 0 aromatic heterocycles. The lowest BCUT2D eigenvalue weighted by molar-refractivity contribution is -0.125. The van der Waals surface area contributed by atoms with Crippen molar-refractivity contribution in [3.05, 3.63) is 29.6 Å². The number of hydrogen-bond acceptors (Lipinski definition) is 3. The van der Waals surface area contributed by atoms with Crippen LogP contribution in [0.5, 0.6) is 5.75 Å². The molecule has 1 aromatic rings. The molecule has 0 spiro atoms. The van der Waals surface area contributed by atoms with Gasteiger partial charge in [-0.05, 0) is 25.0 Å². The summed E-state index contributed by atoms with van der Waals surface area (Å²) in [4.78, 5) is 25.7. The van der Waals surface area contributed by atoms with Crippen LogP contribution >= 0.6 is 0 Å². The smallest absolute Gasteiger partial charge is 0.260 e. The Morgan fingerprint density at radius 2 is 2.14 bits per heavy atom. The summed E-state index contributed by atoms with van der Waals surface area (Å²) in [5, 5.41) is 12.6. The minimum absolute atomic E-state index is 0.0620. The zero-order valence-electron chi connectivity index (χ0n) is 12.8. The van der Waals surface area contributed by atoms with Crippen molar-refractivity contribution in [2.75, 3.05) is 13.1 Å². The highest BCUT2D eigenvalue weighted by Crippen LogP contribution is 2.23. The van der Waals surface area contributed by atoms with Crippen LogP contribution in [0.1, 0.15) is 37.0 Å². The molecule has 0 bridgehead atoms. The first-order valence-electron chi connectivity index (χ1n) is 7.47. The second-order valence-corrected chi connectivity index (χ2v) is 5.89. The Balaban J connectivity index is 2.09. The molecule has 0 unspecified atom stereocenters. The van der Waals surface area contributed by atoms with Crippen LogP contribution in [0, 0.1) is 11.7 Å². The number of nitrogens with one attached hydrogen (secondary N) is 1. The fourth-order valence-electron chi connectivity index (χ4n) is 2.53. The van der Waals surface area contributed by atoms with Crippen LogP contribution in [-0.4, -0.2) is 41.0 Å². The van der Waals surface area contributed by atoms with Crippen LogP contribution in [0.4, 0.5) is 4.39 Å². The molecule has 1 atom stereocenters. The Hall–Kier alpha value is -2.11. The monoisotopic (exact) mass is 308 g/mol. The number of aromatic hydroxyl groups is 1. The topological polar surface area (TPSA) is 69.6 Å². The van der Waals surface area contributed by atoms with Crippen molar-refractivity contribution in [3.63, 3.8) is 0 Å². The first kappa shape index (κ1) is 16.3. The molecule has 1 aliphatic rings. The van der Waals surface area contributed by atoms with Crippen LogP contribution in [0.25, 0.3) is 0 Å². The number of amides is 2. The van der Waals surface area contributed by atoms with Gasteiger partial charge in [0, 0.05) is 25.0 Å². The summed E-state index contributed by atoms with van der Waals surface area (Å²) < 4.78 is 13.8. The Morgan fingerprint density at radius 1 is 1.41 bits per heavy atom. The summed E-state index contributed by atoms with van der Waals surface area (Å²) in [6, 6.07) is 3.65. The minimum Gasteiger partial charge on any atom is -0.507 e. The Labute approximate surface area is 129 Å². The largest absolute Gasteiger partial charge is 0.507 e. The average Bonchev–Trinajstić information content (AvgIpc) is 2.47. The number of piperidine rings is 1. The molecule has 2 N–H and O–H groups in total. The number of phenolic OH excluding ortho intramolecular Hbond substituents is 1. The van der Waals surface area contributed by atoms with E-state index < -0.39 is 11.7 Å². The molecule has 5 nitrogen and oxygen atoms in total. The van der Waals surface area contributed by atoms with Gasteiger partial charge in [0.25, 0.3) is 5.91 Å². The maximum Gasteiger partial charge on any atom is 0.260 e. The highest BCUT2D eigenvalue weighted by molar-refractivity contribution is 5.97. The van der Waals surface area contributed by atoms with E-state index in [9.17, 15) is 19.1 Å². The highest BCUT2D eigenvalue weighted by atomic mass is 19.1. The lowest BCUT2D eigenvalue weighted by atomic mass is 10.0. The zero-order valence-corrected chi connectivity index (χ0v) is 12.8. The summed E-state index contributed by atoms with van der Waals surface area (Å²) in [6.07, 6.45) is 1.51. The van der Waals surface area contributed by atoms with E-state index in [4.69, 9.17) is 0 Å². The number of rotatable bonds is 3. The van der Waals surface area contributed by atoms with E-state index in [2.05, 4.69) is 5.32 Å². The Morgan fingerprint density at radius 3 is 2.77 bits per heavy atom. The molecular formula is C16H21FN2O3. The van der Waals surface area contributed by atoms with E-state index in [1.165, 1.54) is 17.0 Å². The quantitative estimate of drug-likeness (QED) is 0.896. The molecule has 1 saturated heterocycles. The molecule has 2 amide bonds. The molecular weight excluding hydrogens is 287 g/mol. The molecule has 1 fully saturated rings. The Kier molecular flexibility index (Phi) is 5.00. The van der Waals surface area contributed by atoms with Crippen molar-refractivity contribution in [1.29, 1.82) is 0 Å². The van der Waals surface area contributed by atoms with E-state index in [1.807, 2.05) is 0 Å². The van der Waals surface area contributed by atoms with Crippen molar-refractivity contribution in [2.45, 2.75) is 32.7 Å². The number of benzene rings is 1. The fraction of sp³-hybridized carbons (Fsp3) is 0.500. The van der Waals surface area contributed by atoms with Gasteiger partial charge in [0.1, 0.15) is 17.1 Å². The fourth-order valence-corrected chi connectivity index (χ4v) is 2.53. The molecule has 22 heavy (non-hydrogen) atoms. The molecule has 0 radical (unpaired) electrons. The van der Waals surface area contributed by atoms with Crippen LogP contribution in [0.15, 0.2) is 18.2 Å². The van der Waals surface area contributed by atoms with E-state index in [1.54, 1.807) is 13.8 Å². The lowest BCUT2D eigenvalue weighted by Gasteiger charge is -2.33. The number of nitrogens with zero attached hydrogens (tertiary/aromatic N) is 1. The van der Waals surface area contributed by atoms with Gasteiger partial charge >= 0.3 is 0 Å². The molecule has 120 valence electrons. The van der Waals surface area contributed by atoms with Gasteiger partial charge in [-0.25, -0.2) is 4.39 Å². The third-order valence-electron chi connectivity index (χ3n) is 3.78. The normalized spacial score (nSPS) is 18.4. The maximum atomic E-state index is 13.8. The predicted octanol–water partition coefficient (Wildman–Crippen LogP) is 1.91. The number of carbonyl (C=O) groups excluding carboxylic acids is 2. The van der Waals surface area contributed by atoms with Gasteiger partial charge in [0.2, 0.25) is 5.91 Å². The summed E-state index contributed by atoms with van der Waals surface area (Å²) in [7, 11) is 0. The molecule has 2 rings (SSSR count). The number of hydrogen-bond donors (Lipinski definition) is 2. The molecule has 1 aliphatic heterocycles. The zero-order chi connectivity index (χ0) is 16.3. The van der Waals surface area contributed by atoms with Gasteiger partial charge in [-0.15, -0.1) is 0 Å². The summed E-state index contributed by atoms with van der Waals surface area (Å²) >= 11 is 0. The highest BCUT2D eigenvalue weighted by Gasteiger charge is 2.28. The second kappa shape index (κ2) is 6.77. The summed E-state index contributed by atoms with van der Waals surface area (Å²) in [5.74, 6) is -1.83. The minimum atomic E-state index is -0.738. The van der Waals surface area contributed by atoms with E-state index in [0.717, 1.165) is 18.9 Å². The van der Waals surface area contributed by atoms with Gasteiger partial charge in [-0.2, -0.15) is 0 Å². The third kappa shape index (κ3) is 3.55. The summed E-state index contributed by atoms with van der Waals surface area (Å²) in [6.45, 7) is 4.42. The first-order valence-corrected chi connectivity index (χ1v) is 7.47. The number of phenols is 1. The van der Waals surface area contributed by atoms with Crippen LogP contribution in [-0.2, 0) is 4.79 Å². The van der Waals surface area contributed by atoms with Gasteiger partial charge in [0.15, 0.2) is 0 Å². The van der Waals surface area contributed by atoms with Crippen molar-refractivity contribution in [3.8, 4) is 5.75 Å². The third-order valence-corrected chi connectivity index (χ3v) is 3.78. The Bertz CT molecular complexity index is 554. The van der Waals surface area contributed by atoms with E-state index in [0.29, 0.717) is 13.1 Å². The number of likely N-dealkylation sites (tertiary alicyclic amines) is 1. The van der Waals surface area contributed by atoms with Gasteiger partial charge < -0.3 is 15.3 Å². The van der Waals surface area contributed by atoms with Crippen molar-refractivity contribution >= 4 is 11.8 Å². The number of halogens is 1. The second-order valence-electron chi connectivity index (χ2n) is 5.89. The molecule has 6 heteroatoms. The maximum absolute atomic E-state index is 13.8. The van der Waals surface area contributed by atoms with Gasteiger partial charge in [-0.1, -0.05) is 19.9 Å². The van der Waals surface area contributed by atoms with Gasteiger partial charge in [0.05, 0.1) is 0 Å². The van der Waals surface area contributed by atoms with E-state index >= 15 is 0 Å². The van der Waals surface area contributed by atoms with E-state index in [-0.39, 0.29) is 29.2 Å². The standard InChI is InChI=1S/C16H21FN2O3/c1-10(2)15(21)18-11-5-4-8-19(9-11)16(22)14-12(17)6-3-7-13(14)20/h3,6-7,10-11,20H,4-5,8-9H2,1-2H3,(H,18,21)/t11-/m0/s1.